The van der Waals surface area contributed by atoms with Crippen molar-refractivity contribution in [2.45, 2.75) is 39.2 Å². The third-order valence-electron chi connectivity index (χ3n) is 4.37. The van der Waals surface area contributed by atoms with E-state index in [-0.39, 0.29) is 23.8 Å². The molecule has 1 aromatic carbocycles. The van der Waals surface area contributed by atoms with E-state index in [4.69, 9.17) is 25.8 Å². The second kappa shape index (κ2) is 10.2. The summed E-state index contributed by atoms with van der Waals surface area (Å²) < 4.78 is 15.8. The van der Waals surface area contributed by atoms with Crippen molar-refractivity contribution >= 4 is 29.6 Å². The molecule has 0 spiro atoms. The number of hydrogen-bond acceptors (Lipinski definition) is 5. The highest BCUT2D eigenvalue weighted by molar-refractivity contribution is 6.32. The normalized spacial score (nSPS) is 19.1. The van der Waals surface area contributed by atoms with E-state index < -0.39 is 0 Å². The van der Waals surface area contributed by atoms with E-state index in [1.54, 1.807) is 25.1 Å². The Morgan fingerprint density at radius 1 is 1.26 bits per heavy atom. The van der Waals surface area contributed by atoms with Gasteiger partial charge in [-0.1, -0.05) is 11.6 Å². The molecule has 0 aliphatic heterocycles. The van der Waals surface area contributed by atoms with Crippen molar-refractivity contribution in [1.29, 1.82) is 0 Å². The number of rotatable bonds is 8. The zero-order chi connectivity index (χ0) is 19.8. The van der Waals surface area contributed by atoms with Crippen molar-refractivity contribution in [1.82, 2.24) is 5.32 Å². The van der Waals surface area contributed by atoms with Gasteiger partial charge in [-0.05, 0) is 56.9 Å². The van der Waals surface area contributed by atoms with Gasteiger partial charge in [0.25, 0.3) is 0 Å². The molecule has 2 atom stereocenters. The van der Waals surface area contributed by atoms with Gasteiger partial charge < -0.3 is 19.5 Å². The van der Waals surface area contributed by atoms with E-state index in [1.165, 1.54) is 13.2 Å². The van der Waals surface area contributed by atoms with Gasteiger partial charge in [0.1, 0.15) is 0 Å². The van der Waals surface area contributed by atoms with Crippen LogP contribution < -0.4 is 14.8 Å². The maximum Gasteiger partial charge on any atom is 0.308 e. The summed E-state index contributed by atoms with van der Waals surface area (Å²) in [4.78, 5) is 24.0. The fourth-order valence-corrected chi connectivity index (χ4v) is 3.40. The Labute approximate surface area is 164 Å². The molecular formula is C20H26ClNO5. The molecule has 6 nitrogen and oxygen atoms in total. The van der Waals surface area contributed by atoms with E-state index in [1.807, 2.05) is 6.92 Å². The largest absolute Gasteiger partial charge is 0.493 e. The predicted molar refractivity (Wildman–Crippen MR) is 104 cm³/mol. The topological polar surface area (TPSA) is 73.9 Å². The highest BCUT2D eigenvalue weighted by Crippen LogP contribution is 2.36. The van der Waals surface area contributed by atoms with Crippen LogP contribution >= 0.6 is 11.6 Å². The minimum absolute atomic E-state index is 0.0185. The van der Waals surface area contributed by atoms with Crippen LogP contribution in [0.15, 0.2) is 18.2 Å². The van der Waals surface area contributed by atoms with E-state index >= 15 is 0 Å². The first-order chi connectivity index (χ1) is 13.0. The molecule has 1 aromatic rings. The van der Waals surface area contributed by atoms with Crippen molar-refractivity contribution in [2.24, 2.45) is 5.92 Å². The number of nitrogens with one attached hydrogen (secondary N) is 1. The van der Waals surface area contributed by atoms with Crippen LogP contribution in [0, 0.1) is 5.92 Å². The number of carbonyl (C=O) groups excluding carboxylic acids is 2. The summed E-state index contributed by atoms with van der Waals surface area (Å²) in [7, 11) is 1.54. The van der Waals surface area contributed by atoms with Crippen LogP contribution in [0.2, 0.25) is 5.02 Å². The van der Waals surface area contributed by atoms with Crippen LogP contribution in [0.1, 0.15) is 38.7 Å². The highest BCUT2D eigenvalue weighted by atomic mass is 35.5. The van der Waals surface area contributed by atoms with Gasteiger partial charge in [0.2, 0.25) is 5.91 Å². The number of ether oxygens (including phenoxy) is 3. The second-order valence-electron chi connectivity index (χ2n) is 6.27. The van der Waals surface area contributed by atoms with Crippen molar-refractivity contribution < 1.29 is 23.8 Å². The summed E-state index contributed by atoms with van der Waals surface area (Å²) in [6.45, 7) is 4.51. The summed E-state index contributed by atoms with van der Waals surface area (Å²) in [5, 5.41) is 3.35. The highest BCUT2D eigenvalue weighted by Gasteiger charge is 2.31. The Bertz CT molecular complexity index is 704. The van der Waals surface area contributed by atoms with Crippen LogP contribution in [-0.2, 0) is 14.3 Å². The van der Waals surface area contributed by atoms with Gasteiger partial charge in [0, 0.05) is 12.1 Å². The van der Waals surface area contributed by atoms with Crippen molar-refractivity contribution in [3.63, 3.8) is 0 Å². The Balaban J connectivity index is 1.95. The number of hydrogen-bond donors (Lipinski definition) is 1. The van der Waals surface area contributed by atoms with E-state index in [2.05, 4.69) is 5.32 Å². The van der Waals surface area contributed by atoms with Crippen LogP contribution in [-0.4, -0.2) is 38.2 Å². The summed E-state index contributed by atoms with van der Waals surface area (Å²) >= 11 is 6.23. The molecule has 1 fully saturated rings. The monoisotopic (exact) mass is 395 g/mol. The minimum atomic E-state index is -0.214. The molecule has 1 aliphatic carbocycles. The van der Waals surface area contributed by atoms with Crippen LogP contribution in [0.3, 0.4) is 0 Å². The molecule has 1 N–H and O–H groups in total. The van der Waals surface area contributed by atoms with Gasteiger partial charge in [0.15, 0.2) is 11.5 Å². The zero-order valence-corrected chi connectivity index (χ0v) is 16.7. The molecule has 2 unspecified atom stereocenters. The molecular weight excluding hydrogens is 370 g/mol. The Kier molecular flexibility index (Phi) is 7.98. The smallest absolute Gasteiger partial charge is 0.308 e. The molecule has 0 heterocycles. The van der Waals surface area contributed by atoms with Gasteiger partial charge in [-0.25, -0.2) is 0 Å². The summed E-state index contributed by atoms with van der Waals surface area (Å²) in [5.74, 6) is 0.472. The standard InChI is InChI=1S/C20H26ClNO5/c1-4-26-19-16(21)10-13(11-17(19)25-3)6-9-18(23)22-15-8-7-14(12-15)20(24)27-5-2/h6,9-11,14-15H,4-5,7-8,12H2,1-3H3,(H,22,23). The average molecular weight is 396 g/mol. The number of amides is 1. The van der Waals surface area contributed by atoms with Crippen LogP contribution in [0.4, 0.5) is 0 Å². The summed E-state index contributed by atoms with van der Waals surface area (Å²) in [6, 6.07) is 3.45. The lowest BCUT2D eigenvalue weighted by Gasteiger charge is -2.12. The molecule has 0 radical (unpaired) electrons. The first kappa shape index (κ1) is 21.1. The van der Waals surface area contributed by atoms with E-state index in [0.717, 1.165) is 18.4 Å². The molecule has 0 saturated heterocycles. The first-order valence-corrected chi connectivity index (χ1v) is 9.51. The fraction of sp³-hybridized carbons (Fsp3) is 0.500. The van der Waals surface area contributed by atoms with Gasteiger partial charge in [0.05, 0.1) is 31.3 Å². The van der Waals surface area contributed by atoms with Crippen molar-refractivity contribution in [2.75, 3.05) is 20.3 Å². The molecule has 0 aromatic heterocycles. The SMILES string of the molecule is CCOC(=O)C1CCC(NC(=O)C=Cc2cc(Cl)c(OCC)c(OC)c2)C1. The number of halogens is 1. The zero-order valence-electron chi connectivity index (χ0n) is 15.9. The fourth-order valence-electron chi connectivity index (χ4n) is 3.13. The summed E-state index contributed by atoms with van der Waals surface area (Å²) in [5.41, 5.74) is 0.728. The maximum atomic E-state index is 12.2. The lowest BCUT2D eigenvalue weighted by molar-refractivity contribution is -0.147. The van der Waals surface area contributed by atoms with Crippen LogP contribution in [0.5, 0.6) is 11.5 Å². The Morgan fingerprint density at radius 2 is 2.04 bits per heavy atom. The second-order valence-corrected chi connectivity index (χ2v) is 6.68. The lowest BCUT2D eigenvalue weighted by atomic mass is 10.1. The molecule has 148 valence electrons. The van der Waals surface area contributed by atoms with Crippen LogP contribution in [0.25, 0.3) is 6.08 Å². The minimum Gasteiger partial charge on any atom is -0.493 e. The molecule has 1 aliphatic rings. The third-order valence-corrected chi connectivity index (χ3v) is 4.65. The third kappa shape index (κ3) is 5.89. The number of esters is 1. The quantitative estimate of drug-likeness (QED) is 0.537. The number of benzene rings is 1. The predicted octanol–water partition coefficient (Wildman–Crippen LogP) is 3.61. The maximum absolute atomic E-state index is 12.2. The Hall–Kier alpha value is -2.21. The van der Waals surface area contributed by atoms with Gasteiger partial charge in [-0.3, -0.25) is 9.59 Å². The molecule has 27 heavy (non-hydrogen) atoms. The van der Waals surface area contributed by atoms with Gasteiger partial charge in [-0.15, -0.1) is 0 Å². The molecule has 1 saturated carbocycles. The van der Waals surface area contributed by atoms with E-state index in [9.17, 15) is 9.59 Å². The molecule has 2 rings (SSSR count). The van der Waals surface area contributed by atoms with Crippen molar-refractivity contribution in [3.05, 3.63) is 28.8 Å². The summed E-state index contributed by atoms with van der Waals surface area (Å²) in [6.07, 6.45) is 5.23. The van der Waals surface area contributed by atoms with E-state index in [0.29, 0.717) is 36.2 Å². The Morgan fingerprint density at radius 3 is 2.70 bits per heavy atom. The lowest BCUT2D eigenvalue weighted by Crippen LogP contribution is -2.32. The van der Waals surface area contributed by atoms with Gasteiger partial charge >= 0.3 is 5.97 Å². The molecule has 1 amide bonds. The molecule has 0 bridgehead atoms. The average Bonchev–Trinajstić information content (AvgIpc) is 3.10. The van der Waals surface area contributed by atoms with Crippen molar-refractivity contribution in [3.8, 4) is 11.5 Å². The number of methoxy groups -OCH3 is 1. The number of carbonyl (C=O) groups is 2. The van der Waals surface area contributed by atoms with Gasteiger partial charge in [-0.2, -0.15) is 0 Å². The first-order valence-electron chi connectivity index (χ1n) is 9.14. The molecule has 7 heteroatoms.